The molecule has 0 spiro atoms. The van der Waals surface area contributed by atoms with Crippen molar-refractivity contribution in [1.82, 2.24) is 25.1 Å². The normalized spacial score (nSPS) is 18.5. The molecule has 0 unspecified atom stereocenters. The first-order valence-corrected chi connectivity index (χ1v) is 13.5. The van der Waals surface area contributed by atoms with Gasteiger partial charge in [0.2, 0.25) is 11.9 Å². The molecule has 0 atom stereocenters. The van der Waals surface area contributed by atoms with Crippen molar-refractivity contribution in [2.45, 2.75) is 51.1 Å². The van der Waals surface area contributed by atoms with Gasteiger partial charge in [-0.1, -0.05) is 6.07 Å². The fraction of sp³-hybridized carbons (Fsp3) is 0.478. The molecule has 0 radical (unpaired) electrons. The molecule has 2 heterocycles. The molecule has 1 fully saturated rings. The van der Waals surface area contributed by atoms with Crippen molar-refractivity contribution in [3.8, 4) is 11.6 Å². The Labute approximate surface area is 199 Å². The lowest BCUT2D eigenvalue weighted by atomic mass is 9.91. The molecule has 1 saturated carbocycles. The summed E-state index contributed by atoms with van der Waals surface area (Å²) in [5.41, 5.74) is 0.834. The number of sulfone groups is 1. The molecule has 2 aromatic heterocycles. The third-order valence-electron chi connectivity index (χ3n) is 5.82. The zero-order chi connectivity index (χ0) is 24.1. The van der Waals surface area contributed by atoms with Gasteiger partial charge in [0.1, 0.15) is 15.6 Å². The number of nitrogens with one attached hydrogen (secondary N) is 2. The maximum atomic E-state index is 11.3. The molecule has 1 aliphatic carbocycles. The SMILES string of the molecule is CC(=O)NC1CCC(Nc2nccc(-n3ncc4c(OCCCS(C)(=O)=O)cccc43)n2)CC1. The van der Waals surface area contributed by atoms with Crippen molar-refractivity contribution >= 4 is 32.6 Å². The summed E-state index contributed by atoms with van der Waals surface area (Å²) < 4.78 is 30.2. The van der Waals surface area contributed by atoms with Crippen molar-refractivity contribution in [1.29, 1.82) is 0 Å². The number of anilines is 1. The van der Waals surface area contributed by atoms with E-state index in [2.05, 4.69) is 25.7 Å². The number of hydrogen-bond acceptors (Lipinski definition) is 8. The Balaban J connectivity index is 1.43. The minimum Gasteiger partial charge on any atom is -0.493 e. The van der Waals surface area contributed by atoms with Crippen molar-refractivity contribution in [2.24, 2.45) is 0 Å². The number of carbonyl (C=O) groups excluding carboxylic acids is 1. The molecule has 1 amide bonds. The highest BCUT2D eigenvalue weighted by Gasteiger charge is 2.22. The van der Waals surface area contributed by atoms with E-state index in [1.165, 1.54) is 6.26 Å². The number of fused-ring (bicyclic) bond motifs is 1. The van der Waals surface area contributed by atoms with Gasteiger partial charge in [-0.3, -0.25) is 4.79 Å². The highest BCUT2D eigenvalue weighted by molar-refractivity contribution is 7.90. The second-order valence-corrected chi connectivity index (χ2v) is 11.0. The predicted octanol–water partition coefficient (Wildman–Crippen LogP) is 2.49. The van der Waals surface area contributed by atoms with Crippen LogP contribution in [0.3, 0.4) is 0 Å². The van der Waals surface area contributed by atoms with Gasteiger partial charge < -0.3 is 15.4 Å². The molecular weight excluding hydrogens is 456 g/mol. The molecule has 1 aliphatic rings. The molecule has 2 N–H and O–H groups in total. The Bertz CT molecular complexity index is 1250. The van der Waals surface area contributed by atoms with Crippen LogP contribution in [0.5, 0.6) is 5.75 Å². The zero-order valence-electron chi connectivity index (χ0n) is 19.4. The van der Waals surface area contributed by atoms with Crippen LogP contribution in [0.4, 0.5) is 5.95 Å². The highest BCUT2D eigenvalue weighted by Crippen LogP contribution is 2.27. The van der Waals surface area contributed by atoms with Crippen molar-refractivity contribution < 1.29 is 17.9 Å². The number of rotatable bonds is 9. The quantitative estimate of drug-likeness (QED) is 0.442. The number of hydrogen-bond donors (Lipinski definition) is 2. The van der Waals surface area contributed by atoms with Gasteiger partial charge in [0.15, 0.2) is 5.82 Å². The molecule has 3 aromatic rings. The Morgan fingerprint density at radius 3 is 2.68 bits per heavy atom. The van der Waals surface area contributed by atoms with Crippen molar-refractivity contribution in [3.63, 3.8) is 0 Å². The van der Waals surface area contributed by atoms with Crippen LogP contribution < -0.4 is 15.4 Å². The van der Waals surface area contributed by atoms with Crippen LogP contribution in [0.2, 0.25) is 0 Å². The van der Waals surface area contributed by atoms with Crippen LogP contribution in [-0.2, 0) is 14.6 Å². The van der Waals surface area contributed by atoms with E-state index in [1.54, 1.807) is 30.1 Å². The fourth-order valence-electron chi connectivity index (χ4n) is 4.23. The summed E-state index contributed by atoms with van der Waals surface area (Å²) >= 11 is 0. The third-order valence-corrected chi connectivity index (χ3v) is 6.85. The van der Waals surface area contributed by atoms with Crippen LogP contribution >= 0.6 is 0 Å². The predicted molar refractivity (Wildman–Crippen MR) is 130 cm³/mol. The summed E-state index contributed by atoms with van der Waals surface area (Å²) in [5.74, 6) is 1.93. The lowest BCUT2D eigenvalue weighted by molar-refractivity contribution is -0.119. The van der Waals surface area contributed by atoms with E-state index >= 15 is 0 Å². The van der Waals surface area contributed by atoms with Gasteiger partial charge in [0.25, 0.3) is 0 Å². The molecule has 0 aliphatic heterocycles. The average Bonchev–Trinajstić information content (AvgIpc) is 3.22. The zero-order valence-corrected chi connectivity index (χ0v) is 20.2. The number of nitrogens with zero attached hydrogens (tertiary/aromatic N) is 4. The Morgan fingerprint density at radius 2 is 1.94 bits per heavy atom. The molecule has 0 bridgehead atoms. The summed E-state index contributed by atoms with van der Waals surface area (Å²) in [6.07, 6.45) is 8.79. The van der Waals surface area contributed by atoms with Crippen molar-refractivity contribution in [2.75, 3.05) is 23.9 Å². The van der Waals surface area contributed by atoms with Gasteiger partial charge in [-0.15, -0.1) is 0 Å². The molecule has 34 heavy (non-hydrogen) atoms. The van der Waals surface area contributed by atoms with Gasteiger partial charge in [-0.2, -0.15) is 10.1 Å². The molecule has 182 valence electrons. The molecule has 10 nitrogen and oxygen atoms in total. The second-order valence-electron chi connectivity index (χ2n) is 8.71. The number of aromatic nitrogens is 4. The van der Waals surface area contributed by atoms with E-state index in [4.69, 9.17) is 4.74 Å². The van der Waals surface area contributed by atoms with E-state index in [-0.39, 0.29) is 23.7 Å². The van der Waals surface area contributed by atoms with Crippen molar-refractivity contribution in [3.05, 3.63) is 36.7 Å². The lowest BCUT2D eigenvalue weighted by Crippen LogP contribution is -2.39. The van der Waals surface area contributed by atoms with Gasteiger partial charge in [0, 0.05) is 37.5 Å². The van der Waals surface area contributed by atoms with Gasteiger partial charge >= 0.3 is 0 Å². The molecule has 4 rings (SSSR count). The summed E-state index contributed by atoms with van der Waals surface area (Å²) in [5, 5.41) is 11.7. The standard InChI is InChI=1S/C23H30N6O4S/c1-16(30)26-17-7-9-18(10-8-17)27-23-24-12-11-22(28-23)29-20-5-3-6-21(19(20)15-25-29)33-13-4-14-34(2,31)32/h3,5-6,11-12,15,17-18H,4,7-10,13-14H2,1-2H3,(H,26,30)(H,24,27,28). The van der Waals surface area contributed by atoms with Crippen LogP contribution in [0.25, 0.3) is 16.7 Å². The Morgan fingerprint density at radius 1 is 1.18 bits per heavy atom. The van der Waals surface area contributed by atoms with E-state index in [0.717, 1.165) is 36.6 Å². The topological polar surface area (TPSA) is 128 Å². The lowest BCUT2D eigenvalue weighted by Gasteiger charge is -2.29. The summed E-state index contributed by atoms with van der Waals surface area (Å²) in [4.78, 5) is 20.3. The minimum absolute atomic E-state index is 0.0151. The van der Waals surface area contributed by atoms with E-state index in [1.807, 2.05) is 18.2 Å². The largest absolute Gasteiger partial charge is 0.493 e. The first-order chi connectivity index (χ1) is 16.3. The maximum absolute atomic E-state index is 11.3. The maximum Gasteiger partial charge on any atom is 0.224 e. The van der Waals surface area contributed by atoms with Crippen LogP contribution in [0.1, 0.15) is 39.0 Å². The average molecular weight is 487 g/mol. The Kier molecular flexibility index (Phi) is 7.30. The number of carbonyl (C=O) groups is 1. The Hall–Kier alpha value is -3.21. The number of benzene rings is 1. The highest BCUT2D eigenvalue weighted by atomic mass is 32.2. The van der Waals surface area contributed by atoms with E-state index < -0.39 is 9.84 Å². The first-order valence-electron chi connectivity index (χ1n) is 11.4. The minimum atomic E-state index is -3.01. The molecular formula is C23H30N6O4S. The molecule has 1 aromatic carbocycles. The smallest absolute Gasteiger partial charge is 0.224 e. The van der Waals surface area contributed by atoms with Crippen LogP contribution in [0, 0.1) is 0 Å². The fourth-order valence-corrected chi connectivity index (χ4v) is 4.87. The van der Waals surface area contributed by atoms with Crippen LogP contribution in [0.15, 0.2) is 36.7 Å². The third kappa shape index (κ3) is 6.22. The summed E-state index contributed by atoms with van der Waals surface area (Å²) in [7, 11) is -3.01. The molecule has 0 saturated heterocycles. The van der Waals surface area contributed by atoms with Gasteiger partial charge in [0.05, 0.1) is 29.5 Å². The van der Waals surface area contributed by atoms with E-state index in [0.29, 0.717) is 30.5 Å². The summed E-state index contributed by atoms with van der Waals surface area (Å²) in [6.45, 7) is 1.86. The second kappa shape index (κ2) is 10.4. The van der Waals surface area contributed by atoms with E-state index in [9.17, 15) is 13.2 Å². The van der Waals surface area contributed by atoms with Crippen LogP contribution in [-0.4, -0.2) is 64.8 Å². The number of amides is 1. The monoisotopic (exact) mass is 486 g/mol. The number of ether oxygens (including phenoxy) is 1. The molecule has 11 heteroatoms. The first kappa shape index (κ1) is 23.9. The van der Waals surface area contributed by atoms with Gasteiger partial charge in [-0.05, 0) is 44.2 Å². The summed E-state index contributed by atoms with van der Waals surface area (Å²) in [6, 6.07) is 7.94. The van der Waals surface area contributed by atoms with Gasteiger partial charge in [-0.25, -0.2) is 18.1 Å².